The number of aliphatic hydroxyl groups excluding tert-OH is 1. The van der Waals surface area contributed by atoms with E-state index in [-0.39, 0.29) is 29.9 Å². The molecular formula is C28H30ClN3O5S. The topological polar surface area (TPSA) is 116 Å². The van der Waals surface area contributed by atoms with Crippen molar-refractivity contribution in [2.45, 2.75) is 42.8 Å². The van der Waals surface area contributed by atoms with E-state index >= 15 is 0 Å². The van der Waals surface area contributed by atoms with Crippen LogP contribution in [0.1, 0.15) is 46.8 Å². The highest BCUT2D eigenvalue weighted by Gasteiger charge is 2.36. The highest BCUT2D eigenvalue weighted by Crippen LogP contribution is 2.26. The van der Waals surface area contributed by atoms with Crippen molar-refractivity contribution >= 4 is 33.4 Å². The summed E-state index contributed by atoms with van der Waals surface area (Å²) in [6.07, 6.45) is 1.89. The lowest BCUT2D eigenvalue weighted by Gasteiger charge is -2.29. The van der Waals surface area contributed by atoms with Crippen LogP contribution in [0.2, 0.25) is 5.02 Å². The fourth-order valence-electron chi connectivity index (χ4n) is 4.41. The Kier molecular flexibility index (Phi) is 9.17. The minimum atomic E-state index is -4.03. The molecule has 10 heteroatoms. The lowest BCUT2D eigenvalue weighted by Crippen LogP contribution is -2.48. The molecule has 3 aromatic rings. The summed E-state index contributed by atoms with van der Waals surface area (Å²) in [5.74, 6) is -0.694. The number of amides is 2. The number of halogens is 1. The van der Waals surface area contributed by atoms with E-state index in [1.54, 1.807) is 24.3 Å². The number of rotatable bonds is 9. The van der Waals surface area contributed by atoms with E-state index in [0.717, 1.165) is 12.0 Å². The molecular weight excluding hydrogens is 526 g/mol. The van der Waals surface area contributed by atoms with Gasteiger partial charge in [0.05, 0.1) is 17.5 Å². The Balaban J connectivity index is 1.56. The summed E-state index contributed by atoms with van der Waals surface area (Å²) in [5.41, 5.74) is 1.77. The minimum Gasteiger partial charge on any atom is -0.394 e. The van der Waals surface area contributed by atoms with E-state index in [2.05, 4.69) is 10.6 Å². The maximum atomic E-state index is 13.7. The lowest BCUT2D eigenvalue weighted by molar-refractivity contribution is -0.124. The van der Waals surface area contributed by atoms with Crippen molar-refractivity contribution in [2.75, 3.05) is 13.2 Å². The average Bonchev–Trinajstić information content (AvgIpc) is 3.15. The maximum absolute atomic E-state index is 13.7. The molecule has 1 fully saturated rings. The molecule has 1 aliphatic rings. The van der Waals surface area contributed by atoms with Crippen LogP contribution in [-0.4, -0.2) is 48.8 Å². The second kappa shape index (κ2) is 12.5. The number of sulfonamides is 1. The van der Waals surface area contributed by atoms with Crippen LogP contribution in [0.4, 0.5) is 0 Å². The Morgan fingerprint density at radius 2 is 1.71 bits per heavy atom. The zero-order valence-electron chi connectivity index (χ0n) is 20.7. The average molecular weight is 556 g/mol. The predicted octanol–water partition coefficient (Wildman–Crippen LogP) is 3.66. The summed E-state index contributed by atoms with van der Waals surface area (Å²) >= 11 is 5.96. The Labute approximate surface area is 227 Å². The smallest absolute Gasteiger partial charge is 0.251 e. The van der Waals surface area contributed by atoms with Crippen molar-refractivity contribution in [2.24, 2.45) is 0 Å². The molecule has 0 saturated carbocycles. The molecule has 0 aromatic heterocycles. The molecule has 2 atom stereocenters. The van der Waals surface area contributed by atoms with E-state index in [1.165, 1.54) is 28.6 Å². The second-order valence-corrected chi connectivity index (χ2v) is 11.5. The van der Waals surface area contributed by atoms with Crippen molar-refractivity contribution in [1.82, 2.24) is 14.9 Å². The molecule has 38 heavy (non-hydrogen) atoms. The molecule has 0 spiro atoms. The normalized spacial score (nSPS) is 16.9. The summed E-state index contributed by atoms with van der Waals surface area (Å²) in [6, 6.07) is 20.1. The molecule has 3 aromatic carbocycles. The number of carbonyl (C=O) groups excluding carboxylic acids is 2. The third-order valence-corrected chi connectivity index (χ3v) is 8.64. The standard InChI is InChI=1S/C28H30ClN3O5S/c29-23-13-15-24(16-14-23)38(36,37)32(26-8-4-5-17-30-28(26)35)18-20-9-11-22(12-10-20)27(34)31-25(19-33)21-6-2-1-3-7-21/h1-3,6-7,9-16,25-26,33H,4-5,8,17-19H2,(H,30,35)(H,31,34)/t25-,26+/m0/s1. The van der Waals surface area contributed by atoms with Gasteiger partial charge in [-0.15, -0.1) is 0 Å². The summed E-state index contributed by atoms with van der Waals surface area (Å²) in [6.45, 7) is 0.203. The number of nitrogens with one attached hydrogen (secondary N) is 2. The van der Waals surface area contributed by atoms with Crippen LogP contribution in [0.15, 0.2) is 83.8 Å². The molecule has 1 saturated heterocycles. The van der Waals surface area contributed by atoms with Gasteiger partial charge in [0.15, 0.2) is 0 Å². The molecule has 4 rings (SSSR count). The Bertz CT molecular complexity index is 1350. The molecule has 1 aliphatic heterocycles. The van der Waals surface area contributed by atoms with Crippen LogP contribution in [0.3, 0.4) is 0 Å². The Morgan fingerprint density at radius 3 is 2.37 bits per heavy atom. The van der Waals surface area contributed by atoms with Crippen LogP contribution in [0, 0.1) is 0 Å². The molecule has 0 radical (unpaired) electrons. The molecule has 200 valence electrons. The first-order valence-corrected chi connectivity index (χ1v) is 14.2. The minimum absolute atomic E-state index is 0.0471. The molecule has 0 unspecified atom stereocenters. The number of aliphatic hydroxyl groups is 1. The fraction of sp³-hybridized carbons (Fsp3) is 0.286. The van der Waals surface area contributed by atoms with Gasteiger partial charge in [-0.25, -0.2) is 8.42 Å². The van der Waals surface area contributed by atoms with Crippen LogP contribution in [0.5, 0.6) is 0 Å². The van der Waals surface area contributed by atoms with Crippen LogP contribution >= 0.6 is 11.6 Å². The van der Waals surface area contributed by atoms with Crippen LogP contribution in [-0.2, 0) is 21.4 Å². The van der Waals surface area contributed by atoms with Gasteiger partial charge in [0.25, 0.3) is 5.91 Å². The molecule has 8 nitrogen and oxygen atoms in total. The lowest BCUT2D eigenvalue weighted by atomic mass is 10.1. The van der Waals surface area contributed by atoms with Crippen molar-refractivity contribution in [3.8, 4) is 0 Å². The maximum Gasteiger partial charge on any atom is 0.251 e. The predicted molar refractivity (Wildman–Crippen MR) is 145 cm³/mol. The third kappa shape index (κ3) is 6.60. The van der Waals surface area contributed by atoms with Gasteiger partial charge in [0, 0.05) is 23.7 Å². The van der Waals surface area contributed by atoms with Crippen molar-refractivity contribution in [1.29, 1.82) is 0 Å². The molecule has 0 aliphatic carbocycles. The van der Waals surface area contributed by atoms with Gasteiger partial charge in [-0.1, -0.05) is 54.1 Å². The number of carbonyl (C=O) groups is 2. The first kappa shape index (κ1) is 27.8. The van der Waals surface area contributed by atoms with E-state index in [1.807, 2.05) is 30.3 Å². The van der Waals surface area contributed by atoms with Gasteiger partial charge in [0.1, 0.15) is 6.04 Å². The van der Waals surface area contributed by atoms with Crippen molar-refractivity contribution in [3.05, 3.63) is 101 Å². The highest BCUT2D eigenvalue weighted by atomic mass is 35.5. The van der Waals surface area contributed by atoms with E-state index in [0.29, 0.717) is 35.5 Å². The van der Waals surface area contributed by atoms with Gasteiger partial charge in [0.2, 0.25) is 15.9 Å². The summed E-state index contributed by atoms with van der Waals surface area (Å²) in [5, 5.41) is 15.8. The summed E-state index contributed by atoms with van der Waals surface area (Å²) < 4.78 is 28.6. The third-order valence-electron chi connectivity index (χ3n) is 6.52. The number of nitrogens with zero attached hydrogens (tertiary/aromatic N) is 1. The summed E-state index contributed by atoms with van der Waals surface area (Å²) in [4.78, 5) is 25.7. The molecule has 3 N–H and O–H groups in total. The van der Waals surface area contributed by atoms with E-state index < -0.39 is 22.1 Å². The first-order chi connectivity index (χ1) is 18.3. The van der Waals surface area contributed by atoms with Gasteiger partial charge in [-0.05, 0) is 66.8 Å². The Morgan fingerprint density at radius 1 is 1.03 bits per heavy atom. The van der Waals surface area contributed by atoms with Gasteiger partial charge >= 0.3 is 0 Å². The van der Waals surface area contributed by atoms with Gasteiger partial charge < -0.3 is 15.7 Å². The quantitative estimate of drug-likeness (QED) is 0.373. The molecule has 0 bridgehead atoms. The highest BCUT2D eigenvalue weighted by molar-refractivity contribution is 7.89. The van der Waals surface area contributed by atoms with E-state index in [9.17, 15) is 23.1 Å². The Hall–Kier alpha value is -3.24. The van der Waals surface area contributed by atoms with E-state index in [4.69, 9.17) is 11.6 Å². The van der Waals surface area contributed by atoms with Crippen molar-refractivity contribution < 1.29 is 23.1 Å². The van der Waals surface area contributed by atoms with Gasteiger partial charge in [-0.2, -0.15) is 4.31 Å². The van der Waals surface area contributed by atoms with Crippen LogP contribution in [0.25, 0.3) is 0 Å². The first-order valence-electron chi connectivity index (χ1n) is 12.4. The van der Waals surface area contributed by atoms with Crippen molar-refractivity contribution in [3.63, 3.8) is 0 Å². The number of hydrogen-bond donors (Lipinski definition) is 3. The largest absolute Gasteiger partial charge is 0.394 e. The fourth-order valence-corrected chi connectivity index (χ4v) is 6.14. The molecule has 2 amide bonds. The second-order valence-electron chi connectivity index (χ2n) is 9.12. The SMILES string of the molecule is O=C(N[C@@H](CO)c1ccccc1)c1ccc(CN([C@@H]2CCCCNC2=O)S(=O)(=O)c2ccc(Cl)cc2)cc1. The zero-order valence-corrected chi connectivity index (χ0v) is 22.3. The van der Waals surface area contributed by atoms with Gasteiger partial charge in [-0.3, -0.25) is 9.59 Å². The monoisotopic (exact) mass is 555 g/mol. The number of benzene rings is 3. The summed E-state index contributed by atoms with van der Waals surface area (Å²) in [7, 11) is -4.03. The molecule has 1 heterocycles. The van der Waals surface area contributed by atoms with Crippen LogP contribution < -0.4 is 10.6 Å². The number of hydrogen-bond acceptors (Lipinski definition) is 5. The zero-order chi connectivity index (χ0) is 27.1.